The molecule has 0 spiro atoms. The first-order valence-corrected chi connectivity index (χ1v) is 7.14. The molecule has 20 heavy (non-hydrogen) atoms. The number of rotatable bonds is 3. The second-order valence-corrected chi connectivity index (χ2v) is 5.92. The van der Waals surface area contributed by atoms with Gasteiger partial charge in [0.25, 0.3) is 10.0 Å². The zero-order valence-electron chi connectivity index (χ0n) is 11.0. The lowest BCUT2D eigenvalue weighted by molar-refractivity contribution is 0.599. The lowest BCUT2D eigenvalue weighted by Crippen LogP contribution is -2.17. The fourth-order valence-electron chi connectivity index (χ4n) is 1.78. The number of aromatic nitrogens is 2. The molecule has 7 nitrogen and oxygen atoms in total. The SMILES string of the molecule is Cc1cc(C#N)ccc1S(=O)(=O)Nc1c(N)cnn1C. The number of nitriles is 1. The Hall–Kier alpha value is -2.53. The number of nitrogens with one attached hydrogen (secondary N) is 1. The fraction of sp³-hybridized carbons (Fsp3) is 0.167. The van der Waals surface area contributed by atoms with Crippen LogP contribution in [0.2, 0.25) is 0 Å². The van der Waals surface area contributed by atoms with E-state index in [-0.39, 0.29) is 16.4 Å². The van der Waals surface area contributed by atoms with Gasteiger partial charge >= 0.3 is 0 Å². The van der Waals surface area contributed by atoms with E-state index in [1.54, 1.807) is 14.0 Å². The maximum absolute atomic E-state index is 12.3. The molecule has 3 N–H and O–H groups in total. The molecule has 0 saturated heterocycles. The summed E-state index contributed by atoms with van der Waals surface area (Å²) in [4.78, 5) is 0.0945. The molecule has 2 rings (SSSR count). The Morgan fingerprint density at radius 2 is 2.15 bits per heavy atom. The van der Waals surface area contributed by atoms with E-state index in [9.17, 15) is 8.42 Å². The van der Waals surface area contributed by atoms with Gasteiger partial charge in [0.1, 0.15) is 0 Å². The van der Waals surface area contributed by atoms with Crippen LogP contribution in [-0.2, 0) is 17.1 Å². The van der Waals surface area contributed by atoms with E-state index in [0.717, 1.165) is 0 Å². The highest BCUT2D eigenvalue weighted by molar-refractivity contribution is 7.92. The van der Waals surface area contributed by atoms with E-state index in [2.05, 4.69) is 9.82 Å². The molecule has 0 bridgehead atoms. The van der Waals surface area contributed by atoms with Crippen molar-refractivity contribution < 1.29 is 8.42 Å². The molecular weight excluding hydrogens is 278 g/mol. The summed E-state index contributed by atoms with van der Waals surface area (Å²) in [5, 5.41) is 12.7. The number of anilines is 2. The van der Waals surface area contributed by atoms with Crippen LogP contribution in [0.3, 0.4) is 0 Å². The summed E-state index contributed by atoms with van der Waals surface area (Å²) in [5.41, 5.74) is 6.78. The number of benzene rings is 1. The zero-order chi connectivity index (χ0) is 14.9. The number of hydrogen-bond acceptors (Lipinski definition) is 5. The number of hydrogen-bond donors (Lipinski definition) is 2. The Morgan fingerprint density at radius 3 is 2.65 bits per heavy atom. The first-order chi connectivity index (χ1) is 9.35. The first-order valence-electron chi connectivity index (χ1n) is 5.66. The summed E-state index contributed by atoms with van der Waals surface area (Å²) >= 11 is 0. The van der Waals surface area contributed by atoms with Gasteiger partial charge in [0.05, 0.1) is 28.4 Å². The summed E-state index contributed by atoms with van der Waals surface area (Å²) in [6, 6.07) is 6.32. The first kappa shape index (κ1) is 13.9. The van der Waals surface area contributed by atoms with Gasteiger partial charge in [-0.25, -0.2) is 8.42 Å². The average molecular weight is 291 g/mol. The van der Waals surface area contributed by atoms with E-state index in [1.807, 2.05) is 6.07 Å². The van der Waals surface area contributed by atoms with Gasteiger partial charge in [-0.2, -0.15) is 10.4 Å². The predicted octanol–water partition coefficient (Wildman–Crippen LogP) is 0.983. The van der Waals surface area contributed by atoms with Crippen molar-refractivity contribution in [3.05, 3.63) is 35.5 Å². The molecule has 0 atom stereocenters. The van der Waals surface area contributed by atoms with Crippen molar-refractivity contribution in [1.29, 1.82) is 5.26 Å². The van der Waals surface area contributed by atoms with Crippen molar-refractivity contribution in [3.63, 3.8) is 0 Å². The fourth-order valence-corrected chi connectivity index (χ4v) is 3.13. The second-order valence-electron chi connectivity index (χ2n) is 4.27. The number of aryl methyl sites for hydroxylation is 2. The standard InChI is InChI=1S/C12H13N5O2S/c1-8-5-9(6-13)3-4-11(8)20(18,19)16-12-10(14)7-15-17(12)2/h3-5,7,16H,14H2,1-2H3. The molecule has 0 radical (unpaired) electrons. The summed E-state index contributed by atoms with van der Waals surface area (Å²) in [7, 11) is -2.20. The molecule has 0 saturated carbocycles. The number of sulfonamides is 1. The largest absolute Gasteiger partial charge is 0.394 e. The van der Waals surface area contributed by atoms with Crippen LogP contribution in [-0.4, -0.2) is 18.2 Å². The summed E-state index contributed by atoms with van der Waals surface area (Å²) in [6.45, 7) is 1.63. The van der Waals surface area contributed by atoms with Gasteiger partial charge < -0.3 is 5.73 Å². The van der Waals surface area contributed by atoms with Gasteiger partial charge in [-0.05, 0) is 30.7 Å². The van der Waals surface area contributed by atoms with Crippen LogP contribution in [0.4, 0.5) is 11.5 Å². The van der Waals surface area contributed by atoms with Crippen molar-refractivity contribution in [2.24, 2.45) is 7.05 Å². The Kier molecular flexibility index (Phi) is 3.38. The number of nitrogens with two attached hydrogens (primary N) is 1. The highest BCUT2D eigenvalue weighted by Gasteiger charge is 2.20. The van der Waals surface area contributed by atoms with E-state index < -0.39 is 10.0 Å². The van der Waals surface area contributed by atoms with Gasteiger partial charge in [0.15, 0.2) is 5.82 Å². The topological polar surface area (TPSA) is 114 Å². The van der Waals surface area contributed by atoms with E-state index in [1.165, 1.54) is 29.1 Å². The maximum Gasteiger partial charge on any atom is 0.263 e. The van der Waals surface area contributed by atoms with Crippen molar-refractivity contribution in [2.45, 2.75) is 11.8 Å². The average Bonchev–Trinajstić information content (AvgIpc) is 2.69. The van der Waals surface area contributed by atoms with Gasteiger partial charge in [-0.1, -0.05) is 0 Å². The molecule has 1 aromatic heterocycles. The molecule has 1 aromatic carbocycles. The Labute approximate surface area is 116 Å². The van der Waals surface area contributed by atoms with Crippen LogP contribution in [0, 0.1) is 18.3 Å². The quantitative estimate of drug-likeness (QED) is 0.875. The van der Waals surface area contributed by atoms with Gasteiger partial charge in [0, 0.05) is 7.05 Å². The molecule has 2 aromatic rings. The molecular formula is C12H13N5O2S. The highest BCUT2D eigenvalue weighted by atomic mass is 32.2. The van der Waals surface area contributed by atoms with Crippen LogP contribution >= 0.6 is 0 Å². The van der Waals surface area contributed by atoms with Crippen molar-refractivity contribution in [1.82, 2.24) is 9.78 Å². The van der Waals surface area contributed by atoms with Crippen molar-refractivity contribution in [2.75, 3.05) is 10.5 Å². The third kappa shape index (κ3) is 2.44. The molecule has 0 amide bonds. The number of nitrogen functional groups attached to an aromatic ring is 1. The van der Waals surface area contributed by atoms with Crippen LogP contribution < -0.4 is 10.5 Å². The van der Waals surface area contributed by atoms with Gasteiger partial charge in [-0.3, -0.25) is 9.40 Å². The molecule has 8 heteroatoms. The third-order valence-corrected chi connectivity index (χ3v) is 4.29. The molecule has 104 valence electrons. The van der Waals surface area contributed by atoms with E-state index in [4.69, 9.17) is 11.0 Å². The Bertz CT molecular complexity index is 782. The molecule has 0 aliphatic rings. The minimum atomic E-state index is -3.78. The monoisotopic (exact) mass is 291 g/mol. The van der Waals surface area contributed by atoms with E-state index >= 15 is 0 Å². The smallest absolute Gasteiger partial charge is 0.263 e. The van der Waals surface area contributed by atoms with Gasteiger partial charge in [-0.15, -0.1) is 0 Å². The minimum Gasteiger partial charge on any atom is -0.394 e. The Morgan fingerprint density at radius 1 is 1.45 bits per heavy atom. The molecule has 0 fully saturated rings. The summed E-state index contributed by atoms with van der Waals surface area (Å²) in [5.74, 6) is 0.203. The van der Waals surface area contributed by atoms with Gasteiger partial charge in [0.2, 0.25) is 0 Å². The highest BCUT2D eigenvalue weighted by Crippen LogP contribution is 2.23. The van der Waals surface area contributed by atoms with Crippen molar-refractivity contribution in [3.8, 4) is 6.07 Å². The van der Waals surface area contributed by atoms with E-state index in [0.29, 0.717) is 11.1 Å². The van der Waals surface area contributed by atoms with Crippen molar-refractivity contribution >= 4 is 21.5 Å². The van der Waals surface area contributed by atoms with Crippen LogP contribution in [0.1, 0.15) is 11.1 Å². The zero-order valence-corrected chi connectivity index (χ0v) is 11.8. The summed E-state index contributed by atoms with van der Waals surface area (Å²) < 4.78 is 28.4. The molecule has 1 heterocycles. The second kappa shape index (κ2) is 4.86. The number of nitrogens with zero attached hydrogens (tertiary/aromatic N) is 3. The normalized spacial score (nSPS) is 11.1. The third-order valence-electron chi connectivity index (χ3n) is 2.79. The molecule has 0 aliphatic heterocycles. The Balaban J connectivity index is 2.44. The van der Waals surface area contributed by atoms with Crippen LogP contribution in [0.25, 0.3) is 0 Å². The maximum atomic E-state index is 12.3. The molecule has 0 aliphatic carbocycles. The lowest BCUT2D eigenvalue weighted by atomic mass is 10.2. The molecule has 0 unspecified atom stereocenters. The van der Waals surface area contributed by atoms with Crippen LogP contribution in [0.5, 0.6) is 0 Å². The predicted molar refractivity (Wildman–Crippen MR) is 74.3 cm³/mol. The lowest BCUT2D eigenvalue weighted by Gasteiger charge is -2.11. The minimum absolute atomic E-state index is 0.0945. The van der Waals surface area contributed by atoms with Crippen LogP contribution in [0.15, 0.2) is 29.3 Å². The summed E-state index contributed by atoms with van der Waals surface area (Å²) in [6.07, 6.45) is 1.36.